The van der Waals surface area contributed by atoms with E-state index in [1.54, 1.807) is 0 Å². The van der Waals surface area contributed by atoms with Gasteiger partial charge in [0.05, 0.1) is 0 Å². The van der Waals surface area contributed by atoms with E-state index in [2.05, 4.69) is 71.6 Å². The molecule has 0 aromatic heterocycles. The van der Waals surface area contributed by atoms with E-state index in [1.165, 1.54) is 5.56 Å². The number of anilines is 1. The highest BCUT2D eigenvalue weighted by Crippen LogP contribution is 2.39. The van der Waals surface area contributed by atoms with Gasteiger partial charge in [-0.25, -0.2) is 0 Å². The van der Waals surface area contributed by atoms with Crippen LogP contribution in [0.1, 0.15) is 78.9 Å². The highest BCUT2D eigenvalue weighted by molar-refractivity contribution is 7.80. The van der Waals surface area contributed by atoms with Crippen molar-refractivity contribution in [3.05, 3.63) is 53.6 Å². The van der Waals surface area contributed by atoms with E-state index >= 15 is 0 Å². The number of hydrogen-bond acceptors (Lipinski definition) is 3. The second-order valence-electron chi connectivity index (χ2n) is 9.24. The lowest BCUT2D eigenvalue weighted by molar-refractivity contribution is -0.122. The highest BCUT2D eigenvalue weighted by Gasteiger charge is 2.28. The lowest BCUT2D eigenvalue weighted by Gasteiger charge is -2.31. The van der Waals surface area contributed by atoms with Crippen molar-refractivity contribution >= 4 is 24.2 Å². The first-order chi connectivity index (χ1) is 14.0. The molecular weight excluding hydrogens is 390 g/mol. The predicted molar refractivity (Wildman–Crippen MR) is 130 cm³/mol. The number of ether oxygens (including phenoxy) is 1. The first-order valence-corrected chi connectivity index (χ1v) is 11.4. The van der Waals surface area contributed by atoms with Crippen molar-refractivity contribution in [2.45, 2.75) is 89.6 Å². The maximum absolute atomic E-state index is 12.9. The molecule has 0 aliphatic rings. The number of carbonyl (C=O) groups excluding carboxylic acids is 1. The van der Waals surface area contributed by atoms with Gasteiger partial charge in [0.1, 0.15) is 5.75 Å². The average Bonchev–Trinajstić information content (AvgIpc) is 2.73. The van der Waals surface area contributed by atoms with Crippen molar-refractivity contribution in [1.82, 2.24) is 0 Å². The smallest absolute Gasteiger partial charge is 0.265 e. The van der Waals surface area contributed by atoms with E-state index in [1.807, 2.05) is 37.3 Å². The van der Waals surface area contributed by atoms with Crippen LogP contribution in [0.25, 0.3) is 0 Å². The van der Waals surface area contributed by atoms with Crippen LogP contribution in [0.15, 0.2) is 47.4 Å². The van der Waals surface area contributed by atoms with Gasteiger partial charge in [0.15, 0.2) is 6.10 Å². The zero-order valence-electron chi connectivity index (χ0n) is 19.5. The molecule has 0 bridgehead atoms. The van der Waals surface area contributed by atoms with E-state index in [0.29, 0.717) is 6.42 Å². The molecule has 0 radical (unpaired) electrons. The van der Waals surface area contributed by atoms with Crippen LogP contribution in [-0.2, 0) is 15.6 Å². The van der Waals surface area contributed by atoms with Gasteiger partial charge in [-0.05, 0) is 66.0 Å². The van der Waals surface area contributed by atoms with Crippen molar-refractivity contribution < 1.29 is 9.53 Å². The molecule has 0 aliphatic heterocycles. The fourth-order valence-electron chi connectivity index (χ4n) is 3.22. The summed E-state index contributed by atoms with van der Waals surface area (Å²) < 4.78 is 6.31. The first kappa shape index (κ1) is 24.3. The summed E-state index contributed by atoms with van der Waals surface area (Å²) in [5.41, 5.74) is 3.26. The summed E-state index contributed by atoms with van der Waals surface area (Å²) in [6.45, 7) is 15.4. The minimum atomic E-state index is -0.558. The second kappa shape index (κ2) is 9.91. The molecule has 0 saturated heterocycles. The minimum Gasteiger partial charge on any atom is -0.480 e. The third-order valence-electron chi connectivity index (χ3n) is 6.33. The summed E-state index contributed by atoms with van der Waals surface area (Å²) >= 11 is 4.29. The third-order valence-corrected chi connectivity index (χ3v) is 6.62. The fraction of sp³-hybridized carbons (Fsp3) is 0.500. The van der Waals surface area contributed by atoms with Gasteiger partial charge in [-0.2, -0.15) is 0 Å². The molecule has 30 heavy (non-hydrogen) atoms. The summed E-state index contributed by atoms with van der Waals surface area (Å²) in [4.78, 5) is 13.7. The van der Waals surface area contributed by atoms with Crippen molar-refractivity contribution in [3.8, 4) is 5.75 Å². The Morgan fingerprint density at radius 2 is 1.57 bits per heavy atom. The topological polar surface area (TPSA) is 38.3 Å². The van der Waals surface area contributed by atoms with Crippen molar-refractivity contribution in [3.63, 3.8) is 0 Å². The van der Waals surface area contributed by atoms with E-state index < -0.39 is 6.10 Å². The summed E-state index contributed by atoms with van der Waals surface area (Å²) in [7, 11) is 0. The lowest BCUT2D eigenvalue weighted by Crippen LogP contribution is -2.33. The Balaban J connectivity index is 2.33. The van der Waals surface area contributed by atoms with Gasteiger partial charge in [0.2, 0.25) is 0 Å². The quantitative estimate of drug-likeness (QED) is 0.417. The average molecular weight is 428 g/mol. The van der Waals surface area contributed by atoms with Gasteiger partial charge in [-0.3, -0.25) is 4.79 Å². The zero-order chi connectivity index (χ0) is 22.5. The van der Waals surface area contributed by atoms with Crippen molar-refractivity contribution in [1.29, 1.82) is 0 Å². The summed E-state index contributed by atoms with van der Waals surface area (Å²) in [6.07, 6.45) is 2.07. The van der Waals surface area contributed by atoms with Crippen LogP contribution in [0.4, 0.5) is 5.69 Å². The molecule has 0 fully saturated rings. The number of benzene rings is 2. The minimum absolute atomic E-state index is 0.0493. The zero-order valence-corrected chi connectivity index (χ0v) is 20.4. The Bertz CT molecular complexity index is 856. The molecule has 2 rings (SSSR count). The molecule has 1 unspecified atom stereocenters. The van der Waals surface area contributed by atoms with Crippen LogP contribution in [0.3, 0.4) is 0 Å². The predicted octanol–water partition coefficient (Wildman–Crippen LogP) is 7.15. The Kier molecular flexibility index (Phi) is 8.04. The van der Waals surface area contributed by atoms with Gasteiger partial charge in [-0.15, -0.1) is 12.6 Å². The highest BCUT2D eigenvalue weighted by atomic mass is 32.1. The molecule has 1 amide bonds. The number of carbonyl (C=O) groups is 1. The summed E-state index contributed by atoms with van der Waals surface area (Å²) in [6, 6.07) is 13.9. The van der Waals surface area contributed by atoms with Crippen LogP contribution >= 0.6 is 12.6 Å². The van der Waals surface area contributed by atoms with Crippen LogP contribution in [-0.4, -0.2) is 12.0 Å². The Morgan fingerprint density at radius 1 is 0.967 bits per heavy atom. The molecule has 4 heteroatoms. The molecule has 0 saturated carbocycles. The molecule has 3 nitrogen and oxygen atoms in total. The summed E-state index contributed by atoms with van der Waals surface area (Å²) in [5, 5.41) is 2.96. The van der Waals surface area contributed by atoms with Gasteiger partial charge in [0.25, 0.3) is 5.91 Å². The van der Waals surface area contributed by atoms with E-state index in [-0.39, 0.29) is 16.7 Å². The van der Waals surface area contributed by atoms with E-state index in [4.69, 9.17) is 4.74 Å². The Hall–Kier alpha value is -1.94. The molecule has 0 aliphatic carbocycles. The maximum atomic E-state index is 12.9. The first-order valence-electron chi connectivity index (χ1n) is 11.0. The van der Waals surface area contributed by atoms with Gasteiger partial charge in [-0.1, -0.05) is 60.6 Å². The monoisotopic (exact) mass is 427 g/mol. The molecule has 0 heterocycles. The second-order valence-corrected chi connectivity index (χ2v) is 9.75. The molecule has 1 atom stereocenters. The molecule has 1 N–H and O–H groups in total. The Morgan fingerprint density at radius 3 is 2.10 bits per heavy atom. The van der Waals surface area contributed by atoms with Crippen LogP contribution in [0.2, 0.25) is 0 Å². The fourth-order valence-corrected chi connectivity index (χ4v) is 3.37. The lowest BCUT2D eigenvalue weighted by atomic mass is 9.76. The number of nitrogens with one attached hydrogen (secondary N) is 1. The number of thiol groups is 1. The van der Waals surface area contributed by atoms with E-state index in [0.717, 1.165) is 34.7 Å². The summed E-state index contributed by atoms with van der Waals surface area (Å²) in [5.74, 6) is 0.660. The standard InChI is InChI=1S/C26H37NO2S/c1-8-22(24(28)27-19-12-14-20(30)15-13-19)29-23-16-11-18(25(4,5)9-2)17-21(23)26(6,7)10-3/h11-17,22,30H,8-10H2,1-7H3,(H,27,28). The van der Waals surface area contributed by atoms with Crippen LogP contribution < -0.4 is 10.1 Å². The molecule has 0 spiro atoms. The molecule has 2 aromatic rings. The van der Waals surface area contributed by atoms with Crippen LogP contribution in [0.5, 0.6) is 5.75 Å². The van der Waals surface area contributed by atoms with Crippen molar-refractivity contribution in [2.75, 3.05) is 5.32 Å². The van der Waals surface area contributed by atoms with Crippen LogP contribution in [0, 0.1) is 0 Å². The number of hydrogen-bond donors (Lipinski definition) is 2. The number of rotatable bonds is 9. The number of amides is 1. The van der Waals surface area contributed by atoms with Gasteiger partial charge < -0.3 is 10.1 Å². The van der Waals surface area contributed by atoms with Crippen molar-refractivity contribution in [2.24, 2.45) is 0 Å². The van der Waals surface area contributed by atoms with E-state index in [9.17, 15) is 4.79 Å². The molecule has 164 valence electrons. The normalized spacial score (nSPS) is 13.1. The van der Waals surface area contributed by atoms with Gasteiger partial charge in [0, 0.05) is 16.1 Å². The third kappa shape index (κ3) is 5.81. The Labute approximate surface area is 188 Å². The largest absolute Gasteiger partial charge is 0.480 e. The molecule has 2 aromatic carbocycles. The molecular formula is C26H37NO2S. The van der Waals surface area contributed by atoms with Gasteiger partial charge >= 0.3 is 0 Å². The maximum Gasteiger partial charge on any atom is 0.265 e. The SMILES string of the molecule is CCC(Oc1ccc(C(C)(C)CC)cc1C(C)(C)CC)C(=O)Nc1ccc(S)cc1.